The van der Waals surface area contributed by atoms with Crippen molar-refractivity contribution < 1.29 is 9.53 Å². The smallest absolute Gasteiger partial charge is 0.378 e. The Hall–Kier alpha value is -2.82. The molecule has 0 bridgehead atoms. The number of hydrogen-bond acceptors (Lipinski definition) is 4. The highest BCUT2D eigenvalue weighted by Crippen LogP contribution is 2.27. The van der Waals surface area contributed by atoms with Gasteiger partial charge in [-0.25, -0.2) is 9.79 Å². The predicted molar refractivity (Wildman–Crippen MR) is 105 cm³/mol. The monoisotopic (exact) mass is 351 g/mol. The summed E-state index contributed by atoms with van der Waals surface area (Å²) in [5, 5.41) is 8.53. The van der Waals surface area contributed by atoms with Gasteiger partial charge in [0.1, 0.15) is 0 Å². The van der Waals surface area contributed by atoms with Gasteiger partial charge in [-0.1, -0.05) is 50.2 Å². The van der Waals surface area contributed by atoms with Crippen LogP contribution in [0.4, 0.5) is 11.4 Å². The topological polar surface area (TPSA) is 63.4 Å². The quantitative estimate of drug-likeness (QED) is 0.320. The number of nitrogens with zero attached hydrogens (tertiary/aromatic N) is 3. The first kappa shape index (κ1) is 19.5. The largest absolute Gasteiger partial charge is 0.463 e. The van der Waals surface area contributed by atoms with Crippen molar-refractivity contribution in [1.29, 1.82) is 0 Å². The van der Waals surface area contributed by atoms with E-state index >= 15 is 0 Å². The molecule has 5 nitrogen and oxygen atoms in total. The van der Waals surface area contributed by atoms with Crippen molar-refractivity contribution in [2.45, 2.75) is 40.5 Å². The molecule has 5 heteroatoms. The molecule has 0 saturated carbocycles. The Labute approximate surface area is 154 Å². The third kappa shape index (κ3) is 4.42. The van der Waals surface area contributed by atoms with Crippen LogP contribution in [-0.2, 0) is 22.4 Å². The van der Waals surface area contributed by atoms with Gasteiger partial charge in [0.05, 0.1) is 18.5 Å². The molecule has 0 amide bonds. The van der Waals surface area contributed by atoms with Crippen LogP contribution in [0.5, 0.6) is 0 Å². The number of methoxy groups -OCH3 is 1. The van der Waals surface area contributed by atoms with E-state index in [1.54, 1.807) is 0 Å². The number of amidine groups is 1. The first-order valence-corrected chi connectivity index (χ1v) is 8.77. The Balaban J connectivity index is 2.53. The molecule has 136 valence electrons. The molecule has 2 aromatic rings. The van der Waals surface area contributed by atoms with Crippen molar-refractivity contribution in [3.63, 3.8) is 0 Å². The number of hydrogen-bond donors (Lipinski definition) is 0. The lowest BCUT2D eigenvalue weighted by Gasteiger charge is -2.08. The van der Waals surface area contributed by atoms with Crippen LogP contribution in [0.25, 0.3) is 0 Å². The van der Waals surface area contributed by atoms with Crippen molar-refractivity contribution in [1.82, 2.24) is 0 Å². The maximum Gasteiger partial charge on any atom is 0.378 e. The Bertz CT molecular complexity index is 812. The van der Waals surface area contributed by atoms with Crippen LogP contribution in [0.1, 0.15) is 36.1 Å². The fourth-order valence-electron chi connectivity index (χ4n) is 2.73. The molecule has 0 saturated heterocycles. The van der Waals surface area contributed by atoms with E-state index in [-0.39, 0.29) is 5.84 Å². The van der Waals surface area contributed by atoms with Crippen LogP contribution in [0.2, 0.25) is 0 Å². The van der Waals surface area contributed by atoms with E-state index in [0.29, 0.717) is 5.69 Å². The van der Waals surface area contributed by atoms with Gasteiger partial charge in [0, 0.05) is 0 Å². The minimum absolute atomic E-state index is 0.0575. The minimum atomic E-state index is -0.608. The summed E-state index contributed by atoms with van der Waals surface area (Å²) in [7, 11) is 1.32. The molecule has 0 radical (unpaired) electrons. The molecule has 0 atom stereocenters. The second-order valence-electron chi connectivity index (χ2n) is 6.00. The highest BCUT2D eigenvalue weighted by molar-refractivity contribution is 6.36. The van der Waals surface area contributed by atoms with E-state index < -0.39 is 5.97 Å². The summed E-state index contributed by atoms with van der Waals surface area (Å²) in [5.41, 5.74) is 5.62. The van der Waals surface area contributed by atoms with Crippen LogP contribution >= 0.6 is 0 Å². The SMILES string of the molecule is CCc1cccc(CC)c1N=NC(=Nc1c(C)cccc1C)C(=O)OC. The van der Waals surface area contributed by atoms with Gasteiger partial charge in [-0.05, 0) is 48.9 Å². The van der Waals surface area contributed by atoms with E-state index in [0.717, 1.165) is 40.8 Å². The van der Waals surface area contributed by atoms with E-state index in [9.17, 15) is 4.79 Å². The fourth-order valence-corrected chi connectivity index (χ4v) is 2.73. The second kappa shape index (κ2) is 9.04. The number of azo groups is 1. The maximum absolute atomic E-state index is 12.2. The molecule has 0 aliphatic carbocycles. The molecule has 0 N–H and O–H groups in total. The normalized spacial score (nSPS) is 11.8. The molecular formula is C21H25N3O2. The van der Waals surface area contributed by atoms with Crippen LogP contribution < -0.4 is 0 Å². The summed E-state index contributed by atoms with van der Waals surface area (Å²) in [6.45, 7) is 8.03. The van der Waals surface area contributed by atoms with Gasteiger partial charge in [0.25, 0.3) is 5.84 Å². The molecule has 2 aromatic carbocycles. The van der Waals surface area contributed by atoms with Gasteiger partial charge in [-0.15, -0.1) is 10.2 Å². The van der Waals surface area contributed by atoms with E-state index in [4.69, 9.17) is 4.74 Å². The van der Waals surface area contributed by atoms with E-state index in [1.807, 2.05) is 50.2 Å². The van der Waals surface area contributed by atoms with Crippen LogP contribution in [-0.4, -0.2) is 18.9 Å². The maximum atomic E-state index is 12.2. The number of carbonyl (C=O) groups excluding carboxylic acids is 1. The van der Waals surface area contributed by atoms with E-state index in [2.05, 4.69) is 29.1 Å². The van der Waals surface area contributed by atoms with Crippen molar-refractivity contribution in [3.8, 4) is 0 Å². The summed E-state index contributed by atoms with van der Waals surface area (Å²) in [5.74, 6) is -0.665. The van der Waals surface area contributed by atoms with Crippen LogP contribution in [0.3, 0.4) is 0 Å². The summed E-state index contributed by atoms with van der Waals surface area (Å²) < 4.78 is 4.84. The lowest BCUT2D eigenvalue weighted by molar-refractivity contribution is -0.132. The summed E-state index contributed by atoms with van der Waals surface area (Å²) in [6.07, 6.45) is 1.67. The minimum Gasteiger partial charge on any atom is -0.463 e. The molecule has 0 spiro atoms. The number of esters is 1. The van der Waals surface area contributed by atoms with Crippen LogP contribution in [0, 0.1) is 13.8 Å². The first-order valence-electron chi connectivity index (χ1n) is 8.77. The highest BCUT2D eigenvalue weighted by Gasteiger charge is 2.14. The number of carbonyl (C=O) groups is 1. The zero-order valence-electron chi connectivity index (χ0n) is 16.0. The van der Waals surface area contributed by atoms with Crippen LogP contribution in [0.15, 0.2) is 51.6 Å². The van der Waals surface area contributed by atoms with Crippen molar-refractivity contribution in [2.75, 3.05) is 7.11 Å². The van der Waals surface area contributed by atoms with Gasteiger partial charge in [-0.2, -0.15) is 0 Å². The number of ether oxygens (including phenoxy) is 1. The Kier molecular flexibility index (Phi) is 6.78. The Morgan fingerprint density at radius 2 is 1.46 bits per heavy atom. The fraction of sp³-hybridized carbons (Fsp3) is 0.333. The number of aliphatic imine (C=N–C) groups is 1. The average Bonchev–Trinajstić information content (AvgIpc) is 2.66. The van der Waals surface area contributed by atoms with Crippen molar-refractivity contribution in [3.05, 3.63) is 58.7 Å². The predicted octanol–water partition coefficient (Wildman–Crippen LogP) is 5.42. The summed E-state index contributed by atoms with van der Waals surface area (Å²) >= 11 is 0. The Morgan fingerprint density at radius 3 is 1.96 bits per heavy atom. The third-order valence-corrected chi connectivity index (χ3v) is 4.23. The lowest BCUT2D eigenvalue weighted by Crippen LogP contribution is -2.13. The zero-order valence-corrected chi connectivity index (χ0v) is 16.0. The van der Waals surface area contributed by atoms with Gasteiger partial charge < -0.3 is 4.74 Å². The molecule has 26 heavy (non-hydrogen) atoms. The zero-order chi connectivity index (χ0) is 19.1. The van der Waals surface area contributed by atoms with E-state index in [1.165, 1.54) is 7.11 Å². The van der Waals surface area contributed by atoms with Gasteiger partial charge in [-0.3, -0.25) is 0 Å². The first-order chi connectivity index (χ1) is 12.5. The molecule has 0 aromatic heterocycles. The molecule has 2 rings (SSSR count). The second-order valence-corrected chi connectivity index (χ2v) is 6.00. The third-order valence-electron chi connectivity index (χ3n) is 4.23. The Morgan fingerprint density at radius 1 is 0.923 bits per heavy atom. The van der Waals surface area contributed by atoms with Gasteiger partial charge in [0.15, 0.2) is 0 Å². The molecular weight excluding hydrogens is 326 g/mol. The number of aryl methyl sites for hydroxylation is 4. The average molecular weight is 351 g/mol. The molecule has 0 aliphatic rings. The molecule has 0 unspecified atom stereocenters. The van der Waals surface area contributed by atoms with Gasteiger partial charge in [0.2, 0.25) is 0 Å². The number of benzene rings is 2. The summed E-state index contributed by atoms with van der Waals surface area (Å²) in [6, 6.07) is 11.9. The van der Waals surface area contributed by atoms with Gasteiger partial charge >= 0.3 is 5.97 Å². The molecule has 0 fully saturated rings. The molecule has 0 heterocycles. The lowest BCUT2D eigenvalue weighted by atomic mass is 10.0. The number of para-hydroxylation sites is 1. The van der Waals surface area contributed by atoms with Crippen molar-refractivity contribution >= 4 is 23.2 Å². The number of rotatable bonds is 4. The summed E-state index contributed by atoms with van der Waals surface area (Å²) in [4.78, 5) is 16.6. The standard InChI is InChI=1S/C21H25N3O2/c1-6-16-12-9-13-17(7-2)19(16)23-24-20(21(25)26-5)22-18-14(3)10-8-11-15(18)4/h8-13H,6-7H2,1-5H3. The van der Waals surface area contributed by atoms with Crippen molar-refractivity contribution in [2.24, 2.45) is 15.2 Å². The highest BCUT2D eigenvalue weighted by atomic mass is 16.5. The molecule has 0 aliphatic heterocycles.